The maximum Gasteiger partial charge on any atom is 0.262 e. The third kappa shape index (κ3) is 8.24. The van der Waals surface area contributed by atoms with Gasteiger partial charge >= 0.3 is 0 Å². The number of hydrazone groups is 1. The van der Waals surface area contributed by atoms with E-state index in [9.17, 15) is 9.59 Å². The summed E-state index contributed by atoms with van der Waals surface area (Å²) in [6.07, 6.45) is 1.49. The standard InChI is InChI=1S/C27H26Cl2IN3O5/c1-4-37-24-12-17(11-23(30)25(24)38-15-19-5-8-20(28)13-22(19)29)14-31-33-26(34)16(2)32-27(35)18-6-9-21(36-3)10-7-18/h5-14,16H,4,15H2,1-3H3,(H,32,35)(H,33,34). The monoisotopic (exact) mass is 669 g/mol. The van der Waals surface area contributed by atoms with Crippen molar-refractivity contribution >= 4 is 63.8 Å². The first-order chi connectivity index (χ1) is 18.2. The minimum Gasteiger partial charge on any atom is -0.497 e. The summed E-state index contributed by atoms with van der Waals surface area (Å²) in [7, 11) is 1.54. The molecule has 0 saturated carbocycles. The number of nitrogens with zero attached hydrogens (tertiary/aromatic N) is 1. The zero-order valence-corrected chi connectivity index (χ0v) is 24.6. The van der Waals surface area contributed by atoms with E-state index in [1.165, 1.54) is 6.21 Å². The van der Waals surface area contributed by atoms with Crippen LogP contribution in [-0.4, -0.2) is 37.8 Å². The second-order valence-electron chi connectivity index (χ2n) is 7.95. The van der Waals surface area contributed by atoms with Crippen molar-refractivity contribution in [3.05, 3.63) is 84.9 Å². The first kappa shape index (κ1) is 29.5. The first-order valence-corrected chi connectivity index (χ1v) is 13.4. The summed E-state index contributed by atoms with van der Waals surface area (Å²) >= 11 is 14.4. The number of hydrogen-bond donors (Lipinski definition) is 2. The quantitative estimate of drug-likeness (QED) is 0.152. The van der Waals surface area contributed by atoms with Gasteiger partial charge < -0.3 is 19.5 Å². The van der Waals surface area contributed by atoms with E-state index in [-0.39, 0.29) is 12.5 Å². The average molecular weight is 670 g/mol. The van der Waals surface area contributed by atoms with E-state index >= 15 is 0 Å². The molecule has 0 aliphatic carbocycles. The maximum atomic E-state index is 12.4. The highest BCUT2D eigenvalue weighted by Crippen LogP contribution is 2.35. The number of ether oxygens (including phenoxy) is 3. The molecular formula is C27H26Cl2IN3O5. The van der Waals surface area contributed by atoms with Gasteiger partial charge in [0.05, 0.1) is 23.5 Å². The zero-order valence-electron chi connectivity index (χ0n) is 20.9. The number of carbonyl (C=O) groups is 2. The van der Waals surface area contributed by atoms with E-state index < -0.39 is 11.9 Å². The van der Waals surface area contributed by atoms with Crippen LogP contribution in [0.5, 0.6) is 17.2 Å². The van der Waals surface area contributed by atoms with Crippen LogP contribution in [0.4, 0.5) is 0 Å². The summed E-state index contributed by atoms with van der Waals surface area (Å²) in [5.41, 5.74) is 4.33. The number of nitrogens with one attached hydrogen (secondary N) is 2. The molecule has 200 valence electrons. The Kier molecular flexibility index (Phi) is 11.1. The Balaban J connectivity index is 1.62. The summed E-state index contributed by atoms with van der Waals surface area (Å²) in [5, 5.41) is 7.73. The number of benzene rings is 3. The van der Waals surface area contributed by atoms with Crippen LogP contribution < -0.4 is 25.0 Å². The molecule has 3 rings (SSSR count). The number of methoxy groups -OCH3 is 1. The van der Waals surface area contributed by atoms with Crippen molar-refractivity contribution in [2.75, 3.05) is 13.7 Å². The Labute approximate surface area is 244 Å². The molecule has 0 fully saturated rings. The van der Waals surface area contributed by atoms with Crippen molar-refractivity contribution in [1.82, 2.24) is 10.7 Å². The smallest absolute Gasteiger partial charge is 0.262 e. The van der Waals surface area contributed by atoms with Gasteiger partial charge in [-0.3, -0.25) is 9.59 Å². The molecule has 0 bridgehead atoms. The molecule has 3 aromatic carbocycles. The normalized spacial score (nSPS) is 11.6. The van der Waals surface area contributed by atoms with Gasteiger partial charge in [0.15, 0.2) is 11.5 Å². The fourth-order valence-electron chi connectivity index (χ4n) is 3.21. The number of carbonyl (C=O) groups excluding carboxylic acids is 2. The van der Waals surface area contributed by atoms with Gasteiger partial charge in [0.2, 0.25) is 0 Å². The number of amides is 2. The minimum atomic E-state index is -0.809. The molecule has 2 N–H and O–H groups in total. The second kappa shape index (κ2) is 14.2. The number of hydrogen-bond acceptors (Lipinski definition) is 6. The molecule has 0 spiro atoms. The SMILES string of the molecule is CCOc1cc(C=NNC(=O)C(C)NC(=O)c2ccc(OC)cc2)cc(I)c1OCc1ccc(Cl)cc1Cl. The van der Waals surface area contributed by atoms with Crippen LogP contribution >= 0.6 is 45.8 Å². The third-order valence-corrected chi connectivity index (χ3v) is 6.59. The van der Waals surface area contributed by atoms with E-state index in [0.29, 0.717) is 45.0 Å². The molecule has 0 aliphatic rings. The summed E-state index contributed by atoms with van der Waals surface area (Å²) in [4.78, 5) is 24.8. The summed E-state index contributed by atoms with van der Waals surface area (Å²) in [6.45, 7) is 4.10. The Hall–Kier alpha value is -3.02. The Morgan fingerprint density at radius 3 is 2.47 bits per heavy atom. The maximum absolute atomic E-state index is 12.4. The molecule has 0 aromatic heterocycles. The van der Waals surface area contributed by atoms with Crippen LogP contribution in [0.15, 0.2) is 59.7 Å². The summed E-state index contributed by atoms with van der Waals surface area (Å²) in [5.74, 6) is 0.870. The zero-order chi connectivity index (χ0) is 27.7. The molecule has 8 nitrogen and oxygen atoms in total. The van der Waals surface area contributed by atoms with Crippen molar-refractivity contribution in [1.29, 1.82) is 0 Å². The van der Waals surface area contributed by atoms with E-state index in [2.05, 4.69) is 38.4 Å². The predicted molar refractivity (Wildman–Crippen MR) is 157 cm³/mol. The van der Waals surface area contributed by atoms with E-state index in [1.807, 2.05) is 19.1 Å². The molecule has 0 saturated heterocycles. The Bertz CT molecular complexity index is 1320. The van der Waals surface area contributed by atoms with Crippen molar-refractivity contribution < 1.29 is 23.8 Å². The van der Waals surface area contributed by atoms with Crippen molar-refractivity contribution in [2.24, 2.45) is 5.10 Å². The predicted octanol–water partition coefficient (Wildman–Crippen LogP) is 5.85. The molecule has 11 heteroatoms. The van der Waals surface area contributed by atoms with Crippen LogP contribution in [0.2, 0.25) is 10.0 Å². The van der Waals surface area contributed by atoms with Gasteiger partial charge in [-0.05, 0) is 90.5 Å². The molecule has 1 unspecified atom stereocenters. The van der Waals surface area contributed by atoms with Gasteiger partial charge in [-0.2, -0.15) is 5.10 Å². The minimum absolute atomic E-state index is 0.232. The molecule has 0 radical (unpaired) electrons. The third-order valence-electron chi connectivity index (χ3n) is 5.20. The Morgan fingerprint density at radius 1 is 1.08 bits per heavy atom. The van der Waals surface area contributed by atoms with Gasteiger partial charge in [0.1, 0.15) is 18.4 Å². The van der Waals surface area contributed by atoms with Gasteiger partial charge in [0.25, 0.3) is 11.8 Å². The Morgan fingerprint density at radius 2 is 1.82 bits per heavy atom. The highest BCUT2D eigenvalue weighted by molar-refractivity contribution is 14.1. The molecule has 1 atom stereocenters. The fraction of sp³-hybridized carbons (Fsp3) is 0.222. The van der Waals surface area contributed by atoms with Crippen LogP contribution in [0, 0.1) is 3.57 Å². The van der Waals surface area contributed by atoms with Crippen LogP contribution in [0.1, 0.15) is 35.3 Å². The molecular weight excluding hydrogens is 644 g/mol. The van der Waals surface area contributed by atoms with Gasteiger partial charge in [-0.15, -0.1) is 0 Å². The molecule has 0 heterocycles. The first-order valence-electron chi connectivity index (χ1n) is 11.5. The highest BCUT2D eigenvalue weighted by Gasteiger charge is 2.17. The lowest BCUT2D eigenvalue weighted by molar-refractivity contribution is -0.122. The molecule has 2 amide bonds. The van der Waals surface area contributed by atoms with Crippen molar-refractivity contribution in [2.45, 2.75) is 26.5 Å². The fourth-order valence-corrected chi connectivity index (χ4v) is 4.45. The average Bonchev–Trinajstić information content (AvgIpc) is 2.89. The second-order valence-corrected chi connectivity index (χ2v) is 9.95. The lowest BCUT2D eigenvalue weighted by Crippen LogP contribution is -2.43. The number of rotatable bonds is 11. The highest BCUT2D eigenvalue weighted by atomic mass is 127. The van der Waals surface area contributed by atoms with E-state index in [0.717, 1.165) is 9.13 Å². The van der Waals surface area contributed by atoms with Crippen LogP contribution in [0.25, 0.3) is 0 Å². The molecule has 3 aromatic rings. The lowest BCUT2D eigenvalue weighted by atomic mass is 10.2. The molecule has 0 aliphatic heterocycles. The summed E-state index contributed by atoms with van der Waals surface area (Å²) in [6, 6.07) is 14.6. The number of halogens is 3. The van der Waals surface area contributed by atoms with Crippen LogP contribution in [-0.2, 0) is 11.4 Å². The summed E-state index contributed by atoms with van der Waals surface area (Å²) < 4.78 is 17.7. The molecule has 38 heavy (non-hydrogen) atoms. The topological polar surface area (TPSA) is 98.2 Å². The lowest BCUT2D eigenvalue weighted by Gasteiger charge is -2.15. The van der Waals surface area contributed by atoms with Crippen molar-refractivity contribution in [3.8, 4) is 17.2 Å². The van der Waals surface area contributed by atoms with E-state index in [1.54, 1.807) is 56.5 Å². The van der Waals surface area contributed by atoms with Crippen LogP contribution in [0.3, 0.4) is 0 Å². The largest absolute Gasteiger partial charge is 0.497 e. The van der Waals surface area contributed by atoms with Crippen molar-refractivity contribution in [3.63, 3.8) is 0 Å². The van der Waals surface area contributed by atoms with Gasteiger partial charge in [-0.1, -0.05) is 29.3 Å². The van der Waals surface area contributed by atoms with Gasteiger partial charge in [-0.25, -0.2) is 5.43 Å². The van der Waals surface area contributed by atoms with Gasteiger partial charge in [0, 0.05) is 21.2 Å². The van der Waals surface area contributed by atoms with E-state index in [4.69, 9.17) is 37.4 Å².